The highest BCUT2D eigenvalue weighted by atomic mass is 16.3. The number of phenolic OH excluding ortho intramolecular Hbond substituents is 1. The van der Waals surface area contributed by atoms with Crippen molar-refractivity contribution >= 4 is 18.3 Å². The zero-order chi connectivity index (χ0) is 14.1. The van der Waals surface area contributed by atoms with Gasteiger partial charge in [0.1, 0.15) is 29.7 Å². The topological polar surface area (TPSA) is 50.9 Å². The van der Waals surface area contributed by atoms with E-state index in [0.29, 0.717) is 5.69 Å². The molecule has 99 valence electrons. The first-order valence-corrected chi connectivity index (χ1v) is 6.62. The van der Waals surface area contributed by atoms with E-state index in [1.807, 2.05) is 50.1 Å². The summed E-state index contributed by atoms with van der Waals surface area (Å²) in [4.78, 5) is 1.51. The summed E-state index contributed by atoms with van der Waals surface area (Å²) in [5, 5.41) is 19.1. The van der Waals surface area contributed by atoms with Crippen LogP contribution in [0.4, 0.5) is 0 Å². The number of rotatable bonds is 3. The van der Waals surface area contributed by atoms with Gasteiger partial charge in [0.05, 0.1) is 0 Å². The molecular weight excluding hydrogens is 249 g/mol. The van der Waals surface area contributed by atoms with Crippen LogP contribution in [0.1, 0.15) is 11.1 Å². The zero-order valence-corrected chi connectivity index (χ0v) is 11.5. The molecule has 1 radical (unpaired) electrons. The Morgan fingerprint density at radius 3 is 2.40 bits per heavy atom. The number of hydrogen-bond acceptors (Lipinski definition) is 3. The molecule has 20 heavy (non-hydrogen) atoms. The Morgan fingerprint density at radius 1 is 1.15 bits per heavy atom. The molecule has 0 unspecified atom stereocenters. The lowest BCUT2D eigenvalue weighted by Crippen LogP contribution is -2.02. The van der Waals surface area contributed by atoms with Crippen LogP contribution in [-0.4, -0.2) is 27.4 Å². The molecule has 3 aromatic rings. The zero-order valence-electron chi connectivity index (χ0n) is 11.5. The van der Waals surface area contributed by atoms with Crippen molar-refractivity contribution in [3.63, 3.8) is 0 Å². The molecule has 1 N–H and O–H groups in total. The van der Waals surface area contributed by atoms with Crippen LogP contribution < -0.4 is 0 Å². The Bertz CT molecular complexity index is 734. The van der Waals surface area contributed by atoms with Gasteiger partial charge in [-0.25, -0.2) is 0 Å². The number of phenols is 1. The summed E-state index contributed by atoms with van der Waals surface area (Å²) in [6.45, 7) is 3.91. The molecule has 5 heteroatoms. The summed E-state index contributed by atoms with van der Waals surface area (Å²) >= 11 is 0. The number of benzene rings is 2. The lowest BCUT2D eigenvalue weighted by molar-refractivity contribution is 0.463. The molecule has 2 aromatic carbocycles. The Hall–Kier alpha value is -2.30. The van der Waals surface area contributed by atoms with Crippen molar-refractivity contribution in [3.8, 4) is 11.4 Å². The van der Waals surface area contributed by atoms with Crippen molar-refractivity contribution < 1.29 is 5.11 Å². The van der Waals surface area contributed by atoms with E-state index in [1.54, 1.807) is 0 Å². The second kappa shape index (κ2) is 5.00. The standard InChI is InChI=1S/C15H15BN3O/c1-10-7-11(9-16-2)8-14(15(10)20)19-17-12-5-3-4-6-13(12)18-19/h3-8,20H,9H2,1-2H3. The summed E-state index contributed by atoms with van der Waals surface area (Å²) in [6, 6.07) is 11.6. The summed E-state index contributed by atoms with van der Waals surface area (Å²) in [6.07, 6.45) is 0.856. The van der Waals surface area contributed by atoms with Crippen LogP contribution in [0.3, 0.4) is 0 Å². The third-order valence-electron chi connectivity index (χ3n) is 3.28. The van der Waals surface area contributed by atoms with Crippen LogP contribution in [0, 0.1) is 6.92 Å². The summed E-state index contributed by atoms with van der Waals surface area (Å²) in [5.74, 6) is 0.227. The fourth-order valence-corrected chi connectivity index (χ4v) is 2.31. The molecule has 1 heterocycles. The maximum absolute atomic E-state index is 10.3. The maximum Gasteiger partial charge on any atom is 0.146 e. The average molecular weight is 264 g/mol. The highest BCUT2D eigenvalue weighted by molar-refractivity contribution is 6.32. The van der Waals surface area contributed by atoms with Gasteiger partial charge in [-0.05, 0) is 30.7 Å². The summed E-state index contributed by atoms with van der Waals surface area (Å²) in [5.41, 5.74) is 4.23. The predicted octanol–water partition coefficient (Wildman–Crippen LogP) is 2.69. The second-order valence-electron chi connectivity index (χ2n) is 4.87. The molecule has 0 saturated heterocycles. The van der Waals surface area contributed by atoms with Gasteiger partial charge in [0.15, 0.2) is 0 Å². The number of aromatic nitrogens is 3. The molecule has 0 aliphatic heterocycles. The number of nitrogens with zero attached hydrogens (tertiary/aromatic N) is 3. The first kappa shape index (κ1) is 12.7. The molecule has 0 aliphatic carbocycles. The van der Waals surface area contributed by atoms with Gasteiger partial charge in [0.25, 0.3) is 0 Å². The Morgan fingerprint density at radius 2 is 1.80 bits per heavy atom. The van der Waals surface area contributed by atoms with Crippen LogP contribution in [0.5, 0.6) is 5.75 Å². The van der Waals surface area contributed by atoms with E-state index < -0.39 is 0 Å². The fourth-order valence-electron chi connectivity index (χ4n) is 2.31. The average Bonchev–Trinajstić information content (AvgIpc) is 2.86. The van der Waals surface area contributed by atoms with Crippen LogP contribution in [0.25, 0.3) is 16.7 Å². The van der Waals surface area contributed by atoms with Crippen molar-refractivity contribution in [1.82, 2.24) is 15.0 Å². The van der Waals surface area contributed by atoms with Crippen LogP contribution in [-0.2, 0) is 6.32 Å². The first-order valence-electron chi connectivity index (χ1n) is 6.62. The van der Waals surface area contributed by atoms with Crippen molar-refractivity contribution in [2.24, 2.45) is 0 Å². The number of hydrogen-bond donors (Lipinski definition) is 1. The first-order chi connectivity index (χ1) is 9.69. The van der Waals surface area contributed by atoms with Crippen molar-refractivity contribution in [2.45, 2.75) is 20.1 Å². The minimum Gasteiger partial charge on any atom is -0.505 e. The largest absolute Gasteiger partial charge is 0.505 e. The molecule has 0 amide bonds. The van der Waals surface area contributed by atoms with E-state index in [-0.39, 0.29) is 5.75 Å². The van der Waals surface area contributed by atoms with E-state index in [0.717, 1.165) is 28.5 Å². The molecule has 0 spiro atoms. The number of fused-ring (bicyclic) bond motifs is 1. The SMILES string of the molecule is C[B]Cc1cc(C)c(O)c(-n2nc3ccccc3n2)c1. The Balaban J connectivity index is 2.17. The third-order valence-corrected chi connectivity index (χ3v) is 3.28. The van der Waals surface area contributed by atoms with Gasteiger partial charge in [-0.1, -0.05) is 36.9 Å². The smallest absolute Gasteiger partial charge is 0.146 e. The molecule has 0 fully saturated rings. The monoisotopic (exact) mass is 264 g/mol. The Labute approximate surface area is 118 Å². The van der Waals surface area contributed by atoms with Crippen LogP contribution >= 0.6 is 0 Å². The lowest BCUT2D eigenvalue weighted by atomic mass is 9.75. The van der Waals surface area contributed by atoms with Crippen LogP contribution in [0.15, 0.2) is 36.4 Å². The van der Waals surface area contributed by atoms with E-state index in [4.69, 9.17) is 0 Å². The summed E-state index contributed by atoms with van der Waals surface area (Å²) < 4.78 is 0. The molecule has 0 bridgehead atoms. The number of aryl methyl sites for hydroxylation is 1. The van der Waals surface area contributed by atoms with E-state index in [9.17, 15) is 5.11 Å². The van der Waals surface area contributed by atoms with Gasteiger partial charge in [0.2, 0.25) is 0 Å². The van der Waals surface area contributed by atoms with Gasteiger partial charge >= 0.3 is 0 Å². The minimum atomic E-state index is 0.227. The molecule has 0 aliphatic rings. The van der Waals surface area contributed by atoms with Crippen molar-refractivity contribution in [2.75, 3.05) is 0 Å². The molecule has 3 rings (SSSR count). The third kappa shape index (κ3) is 2.15. The molecule has 4 nitrogen and oxygen atoms in total. The highest BCUT2D eigenvalue weighted by Crippen LogP contribution is 2.27. The van der Waals surface area contributed by atoms with Gasteiger partial charge in [-0.2, -0.15) is 0 Å². The highest BCUT2D eigenvalue weighted by Gasteiger charge is 2.12. The Kier molecular flexibility index (Phi) is 3.18. The van der Waals surface area contributed by atoms with Gasteiger partial charge in [-0.3, -0.25) is 0 Å². The van der Waals surface area contributed by atoms with Crippen LogP contribution in [0.2, 0.25) is 6.82 Å². The summed E-state index contributed by atoms with van der Waals surface area (Å²) in [7, 11) is 2.09. The van der Waals surface area contributed by atoms with Crippen molar-refractivity contribution in [1.29, 1.82) is 0 Å². The quantitative estimate of drug-likeness (QED) is 0.740. The van der Waals surface area contributed by atoms with E-state index in [2.05, 4.69) is 17.5 Å². The normalized spacial score (nSPS) is 10.9. The molecule has 0 atom stereocenters. The molecule has 1 aromatic heterocycles. The molecular formula is C15H15BN3O. The van der Waals surface area contributed by atoms with E-state index >= 15 is 0 Å². The van der Waals surface area contributed by atoms with Gasteiger partial charge in [-0.15, -0.1) is 15.0 Å². The lowest BCUT2D eigenvalue weighted by Gasteiger charge is -2.09. The van der Waals surface area contributed by atoms with E-state index in [1.165, 1.54) is 4.80 Å². The second-order valence-corrected chi connectivity index (χ2v) is 4.87. The molecule has 0 saturated carbocycles. The van der Waals surface area contributed by atoms with Gasteiger partial charge in [0, 0.05) is 0 Å². The minimum absolute atomic E-state index is 0.227. The van der Waals surface area contributed by atoms with Crippen molar-refractivity contribution in [3.05, 3.63) is 47.5 Å². The van der Waals surface area contributed by atoms with Gasteiger partial charge < -0.3 is 5.11 Å². The predicted molar refractivity (Wildman–Crippen MR) is 80.6 cm³/mol. The number of aromatic hydroxyl groups is 1. The fraction of sp³-hybridized carbons (Fsp3) is 0.200. The maximum atomic E-state index is 10.3.